The van der Waals surface area contributed by atoms with E-state index in [-0.39, 0.29) is 0 Å². The molecule has 0 aliphatic heterocycles. The Bertz CT molecular complexity index is 3060. The van der Waals surface area contributed by atoms with Gasteiger partial charge in [-0.3, -0.25) is 0 Å². The summed E-state index contributed by atoms with van der Waals surface area (Å²) in [5.41, 5.74) is 15.2. The van der Waals surface area contributed by atoms with Gasteiger partial charge in [-0.25, -0.2) is 0 Å². The minimum atomic E-state index is -0.509. The Morgan fingerprint density at radius 2 is 0.759 bits per heavy atom. The van der Waals surface area contributed by atoms with Crippen molar-refractivity contribution in [2.75, 3.05) is 4.90 Å². The Morgan fingerprint density at radius 3 is 1.47 bits per heavy atom. The highest BCUT2D eigenvalue weighted by molar-refractivity contribution is 6.08. The number of hydrogen-bond acceptors (Lipinski definition) is 1. The van der Waals surface area contributed by atoms with E-state index in [1.165, 1.54) is 77.2 Å². The van der Waals surface area contributed by atoms with Crippen LogP contribution in [0.4, 0.5) is 17.1 Å². The quantitative estimate of drug-likeness (QED) is 0.147. The zero-order valence-electron chi connectivity index (χ0n) is 32.0. The van der Waals surface area contributed by atoms with Crippen LogP contribution in [-0.2, 0) is 5.41 Å². The van der Waals surface area contributed by atoms with E-state index in [1.807, 2.05) is 0 Å². The minimum absolute atomic E-state index is 0.509. The lowest BCUT2D eigenvalue weighted by Crippen LogP contribution is -2.28. The van der Waals surface area contributed by atoms with Gasteiger partial charge < -0.3 is 4.90 Å². The van der Waals surface area contributed by atoms with Gasteiger partial charge >= 0.3 is 0 Å². The Balaban J connectivity index is 1.19. The largest absolute Gasteiger partial charge is 0.310 e. The lowest BCUT2D eigenvalue weighted by atomic mass is 9.67. The molecule has 1 aliphatic carbocycles. The Kier molecular flexibility index (Phi) is 8.12. The van der Waals surface area contributed by atoms with Crippen LogP contribution in [0.1, 0.15) is 22.3 Å². The number of nitrogens with zero attached hydrogens (tertiary/aromatic N) is 1. The van der Waals surface area contributed by atoms with Gasteiger partial charge in [0.15, 0.2) is 0 Å². The molecule has 272 valence electrons. The lowest BCUT2D eigenvalue weighted by Gasteiger charge is -2.35. The molecular weight excluding hydrogens is 699 g/mol. The number of fused-ring (bicyclic) bond motifs is 6. The molecule has 0 radical (unpaired) electrons. The van der Waals surface area contributed by atoms with Crippen LogP contribution in [0.5, 0.6) is 0 Å². The van der Waals surface area contributed by atoms with Crippen LogP contribution in [0.3, 0.4) is 0 Å². The van der Waals surface area contributed by atoms with Crippen LogP contribution in [-0.4, -0.2) is 0 Å². The number of benzene rings is 10. The predicted octanol–water partition coefficient (Wildman–Crippen LogP) is 15.2. The highest BCUT2D eigenvalue weighted by atomic mass is 15.1. The molecule has 10 aromatic carbocycles. The van der Waals surface area contributed by atoms with Gasteiger partial charge in [0, 0.05) is 17.1 Å². The molecule has 1 heteroatoms. The van der Waals surface area contributed by atoms with E-state index in [9.17, 15) is 0 Å². The molecule has 0 bridgehead atoms. The van der Waals surface area contributed by atoms with E-state index in [0.29, 0.717) is 0 Å². The summed E-state index contributed by atoms with van der Waals surface area (Å²) < 4.78 is 0. The molecule has 0 saturated heterocycles. The molecule has 1 aliphatic rings. The monoisotopic (exact) mass is 737 g/mol. The maximum absolute atomic E-state index is 2.47. The third-order valence-corrected chi connectivity index (χ3v) is 12.1. The van der Waals surface area contributed by atoms with Crippen molar-refractivity contribution in [2.24, 2.45) is 0 Å². The molecular formula is C57H39N. The molecule has 58 heavy (non-hydrogen) atoms. The average Bonchev–Trinajstić information content (AvgIpc) is 3.60. The summed E-state index contributed by atoms with van der Waals surface area (Å²) in [5.74, 6) is 0. The van der Waals surface area contributed by atoms with Gasteiger partial charge in [-0.1, -0.05) is 200 Å². The van der Waals surface area contributed by atoms with Crippen molar-refractivity contribution < 1.29 is 0 Å². The first-order valence-electron chi connectivity index (χ1n) is 20.1. The molecule has 0 amide bonds. The molecule has 0 heterocycles. The summed E-state index contributed by atoms with van der Waals surface area (Å²) in [6, 6.07) is 86.9. The predicted molar refractivity (Wildman–Crippen MR) is 244 cm³/mol. The second-order valence-corrected chi connectivity index (χ2v) is 15.2. The molecule has 0 aromatic heterocycles. The summed E-state index contributed by atoms with van der Waals surface area (Å²) >= 11 is 0. The maximum Gasteiger partial charge on any atom is 0.0714 e. The molecule has 10 aromatic rings. The fourth-order valence-electron chi connectivity index (χ4n) is 9.56. The van der Waals surface area contributed by atoms with E-state index in [4.69, 9.17) is 0 Å². The minimum Gasteiger partial charge on any atom is -0.310 e. The van der Waals surface area contributed by atoms with E-state index >= 15 is 0 Å². The van der Waals surface area contributed by atoms with Gasteiger partial charge in [-0.2, -0.15) is 0 Å². The van der Waals surface area contributed by atoms with E-state index in [2.05, 4.69) is 241 Å². The molecule has 0 unspecified atom stereocenters. The first-order valence-corrected chi connectivity index (χ1v) is 20.1. The SMILES string of the molecule is c1ccc(-c2ccc(N(c3ccc4c(c3)C(c3ccccc3)(c3ccccc3)c3ccccc3-4)c3ccc4c(ccc5ccccc54)c3)cc2-c2ccccc2)cc1. The topological polar surface area (TPSA) is 3.24 Å². The van der Waals surface area contributed by atoms with Crippen LogP contribution in [0.2, 0.25) is 0 Å². The van der Waals surface area contributed by atoms with Crippen molar-refractivity contribution in [3.05, 3.63) is 259 Å². The molecule has 0 atom stereocenters. The Morgan fingerprint density at radius 1 is 0.276 bits per heavy atom. The van der Waals surface area contributed by atoms with Crippen molar-refractivity contribution >= 4 is 38.6 Å². The third-order valence-electron chi connectivity index (χ3n) is 12.1. The smallest absolute Gasteiger partial charge is 0.0714 e. The third kappa shape index (κ3) is 5.39. The van der Waals surface area contributed by atoms with Crippen LogP contribution in [0, 0.1) is 0 Å². The standard InChI is InChI=1S/C57H39N/c1-5-17-40(18-6-1)50-34-32-47(38-54(50)41-19-7-2-8-20-41)58(46-31-35-51-43(37-46)30-29-42-21-13-14-26-49(42)51)48-33-36-53-52-27-15-16-28-55(52)57(56(53)39-48,44-22-9-3-10-23-44)45-24-11-4-12-25-45/h1-39H. The van der Waals surface area contributed by atoms with E-state index < -0.39 is 5.41 Å². The molecule has 0 N–H and O–H groups in total. The summed E-state index contributed by atoms with van der Waals surface area (Å²) in [5, 5.41) is 4.98. The summed E-state index contributed by atoms with van der Waals surface area (Å²) in [6.45, 7) is 0. The Hall–Kier alpha value is -7.48. The highest BCUT2D eigenvalue weighted by Gasteiger charge is 2.46. The van der Waals surface area contributed by atoms with Crippen molar-refractivity contribution in [2.45, 2.75) is 5.41 Å². The van der Waals surface area contributed by atoms with E-state index in [1.54, 1.807) is 0 Å². The van der Waals surface area contributed by atoms with Gasteiger partial charge in [0.05, 0.1) is 5.41 Å². The highest BCUT2D eigenvalue weighted by Crippen LogP contribution is 2.57. The lowest BCUT2D eigenvalue weighted by molar-refractivity contribution is 0.768. The fraction of sp³-hybridized carbons (Fsp3) is 0.0175. The van der Waals surface area contributed by atoms with Crippen LogP contribution in [0.15, 0.2) is 237 Å². The van der Waals surface area contributed by atoms with Crippen molar-refractivity contribution in [1.29, 1.82) is 0 Å². The number of hydrogen-bond donors (Lipinski definition) is 0. The van der Waals surface area contributed by atoms with Crippen LogP contribution in [0.25, 0.3) is 54.9 Å². The second-order valence-electron chi connectivity index (χ2n) is 15.2. The summed E-state index contributed by atoms with van der Waals surface area (Å²) in [6.07, 6.45) is 0. The number of anilines is 3. The maximum atomic E-state index is 2.47. The summed E-state index contributed by atoms with van der Waals surface area (Å²) in [4.78, 5) is 2.46. The fourth-order valence-corrected chi connectivity index (χ4v) is 9.56. The van der Waals surface area contributed by atoms with Gasteiger partial charge in [0.25, 0.3) is 0 Å². The second kappa shape index (κ2) is 13.9. The van der Waals surface area contributed by atoms with Gasteiger partial charge in [0.2, 0.25) is 0 Å². The van der Waals surface area contributed by atoms with Crippen molar-refractivity contribution in [1.82, 2.24) is 0 Å². The summed E-state index contributed by atoms with van der Waals surface area (Å²) in [7, 11) is 0. The van der Waals surface area contributed by atoms with Crippen molar-refractivity contribution in [3.63, 3.8) is 0 Å². The zero-order chi connectivity index (χ0) is 38.5. The zero-order valence-corrected chi connectivity index (χ0v) is 32.0. The number of rotatable bonds is 7. The van der Waals surface area contributed by atoms with Gasteiger partial charge in [-0.05, 0) is 114 Å². The normalized spacial score (nSPS) is 12.6. The first-order chi connectivity index (χ1) is 28.8. The molecule has 0 fully saturated rings. The van der Waals surface area contributed by atoms with Crippen LogP contribution < -0.4 is 4.90 Å². The van der Waals surface area contributed by atoms with Crippen LogP contribution >= 0.6 is 0 Å². The molecule has 0 spiro atoms. The van der Waals surface area contributed by atoms with Gasteiger partial charge in [-0.15, -0.1) is 0 Å². The van der Waals surface area contributed by atoms with Gasteiger partial charge in [0.1, 0.15) is 0 Å². The first kappa shape index (κ1) is 33.8. The molecule has 0 saturated carbocycles. The van der Waals surface area contributed by atoms with E-state index in [0.717, 1.165) is 17.1 Å². The average molecular weight is 738 g/mol. The Labute approximate surface area is 339 Å². The molecule has 1 nitrogen and oxygen atoms in total. The molecule has 11 rings (SSSR count). The van der Waals surface area contributed by atoms with Crippen molar-refractivity contribution in [3.8, 4) is 33.4 Å².